The molecule has 0 fully saturated rings. The van der Waals surface area contributed by atoms with E-state index < -0.39 is 0 Å². The molecule has 0 saturated heterocycles. The van der Waals surface area contributed by atoms with Crippen molar-refractivity contribution in [1.29, 1.82) is 0 Å². The molecule has 0 atom stereocenters. The number of para-hydroxylation sites is 1. The SMILES string of the molecule is CCOc1cccc(C(=O)NCCc2cnn(-c3ccccc3)n2)c1. The van der Waals surface area contributed by atoms with Crippen LogP contribution in [0.15, 0.2) is 60.8 Å². The lowest BCUT2D eigenvalue weighted by Gasteiger charge is -2.07. The van der Waals surface area contributed by atoms with Gasteiger partial charge in [0.25, 0.3) is 5.91 Å². The molecule has 3 aromatic rings. The van der Waals surface area contributed by atoms with Gasteiger partial charge in [0, 0.05) is 18.5 Å². The molecule has 0 spiro atoms. The Morgan fingerprint density at radius 2 is 2.00 bits per heavy atom. The van der Waals surface area contributed by atoms with Crippen LogP contribution in [0.3, 0.4) is 0 Å². The molecule has 0 bridgehead atoms. The Hall–Kier alpha value is -3.15. The number of hydrogen-bond acceptors (Lipinski definition) is 4. The maximum Gasteiger partial charge on any atom is 0.251 e. The predicted octanol–water partition coefficient (Wildman–Crippen LogP) is 2.64. The van der Waals surface area contributed by atoms with Crippen LogP contribution in [0.4, 0.5) is 0 Å². The molecule has 3 rings (SSSR count). The van der Waals surface area contributed by atoms with Crippen molar-refractivity contribution < 1.29 is 9.53 Å². The average Bonchev–Trinajstić information content (AvgIpc) is 3.12. The van der Waals surface area contributed by atoms with E-state index >= 15 is 0 Å². The molecule has 0 radical (unpaired) electrons. The van der Waals surface area contributed by atoms with Crippen LogP contribution in [0.1, 0.15) is 23.0 Å². The van der Waals surface area contributed by atoms with E-state index in [9.17, 15) is 4.79 Å². The average molecular weight is 336 g/mol. The summed E-state index contributed by atoms with van der Waals surface area (Å²) in [7, 11) is 0. The second-order valence-electron chi connectivity index (χ2n) is 5.43. The van der Waals surface area contributed by atoms with E-state index in [1.54, 1.807) is 23.1 Å². The number of nitrogens with one attached hydrogen (secondary N) is 1. The Bertz CT molecular complexity index is 830. The zero-order valence-corrected chi connectivity index (χ0v) is 14.1. The van der Waals surface area contributed by atoms with Crippen molar-refractivity contribution in [3.63, 3.8) is 0 Å². The van der Waals surface area contributed by atoms with Gasteiger partial charge in [0.05, 0.1) is 24.2 Å². The molecule has 2 aromatic carbocycles. The molecular weight excluding hydrogens is 316 g/mol. The normalized spacial score (nSPS) is 10.4. The highest BCUT2D eigenvalue weighted by molar-refractivity contribution is 5.94. The Kier molecular flexibility index (Phi) is 5.41. The van der Waals surface area contributed by atoms with Crippen molar-refractivity contribution in [1.82, 2.24) is 20.3 Å². The summed E-state index contributed by atoms with van der Waals surface area (Å²) in [5.74, 6) is 0.568. The molecule has 0 aliphatic heterocycles. The van der Waals surface area contributed by atoms with E-state index in [1.165, 1.54) is 0 Å². The van der Waals surface area contributed by atoms with Gasteiger partial charge in [0.2, 0.25) is 0 Å². The number of amides is 1. The fraction of sp³-hybridized carbons (Fsp3) is 0.211. The monoisotopic (exact) mass is 336 g/mol. The number of benzene rings is 2. The van der Waals surface area contributed by atoms with E-state index in [0.29, 0.717) is 30.9 Å². The lowest BCUT2D eigenvalue weighted by molar-refractivity contribution is 0.0953. The standard InChI is InChI=1S/C19H20N4O2/c1-2-25-18-10-6-7-15(13-18)19(24)20-12-11-16-14-21-23(22-16)17-8-4-3-5-9-17/h3-10,13-14H,2,11-12H2,1H3,(H,20,24). The first-order valence-electron chi connectivity index (χ1n) is 8.24. The zero-order valence-electron chi connectivity index (χ0n) is 14.1. The summed E-state index contributed by atoms with van der Waals surface area (Å²) in [5, 5.41) is 11.6. The molecule has 0 saturated carbocycles. The number of ether oxygens (including phenoxy) is 1. The van der Waals surface area contributed by atoms with E-state index in [1.807, 2.05) is 49.4 Å². The van der Waals surface area contributed by atoms with Crippen LogP contribution in [0.2, 0.25) is 0 Å². The van der Waals surface area contributed by atoms with Crippen molar-refractivity contribution in [3.8, 4) is 11.4 Å². The molecule has 0 aliphatic carbocycles. The number of rotatable bonds is 7. The molecule has 1 aromatic heterocycles. The molecule has 6 nitrogen and oxygen atoms in total. The van der Waals surface area contributed by atoms with Crippen molar-refractivity contribution in [3.05, 3.63) is 72.1 Å². The van der Waals surface area contributed by atoms with Crippen LogP contribution in [-0.4, -0.2) is 34.1 Å². The molecule has 128 valence electrons. The Morgan fingerprint density at radius 3 is 2.80 bits per heavy atom. The second-order valence-corrected chi connectivity index (χ2v) is 5.43. The Morgan fingerprint density at radius 1 is 1.16 bits per heavy atom. The third-order valence-corrected chi connectivity index (χ3v) is 3.60. The highest BCUT2D eigenvalue weighted by Crippen LogP contribution is 2.13. The Balaban J connectivity index is 1.54. The van der Waals surface area contributed by atoms with Crippen LogP contribution in [0.5, 0.6) is 5.75 Å². The van der Waals surface area contributed by atoms with E-state index in [2.05, 4.69) is 15.5 Å². The van der Waals surface area contributed by atoms with E-state index in [-0.39, 0.29) is 5.91 Å². The molecule has 0 unspecified atom stereocenters. The van der Waals surface area contributed by atoms with Crippen molar-refractivity contribution in [2.45, 2.75) is 13.3 Å². The number of aromatic nitrogens is 3. The number of carbonyl (C=O) groups excluding carboxylic acids is 1. The van der Waals surface area contributed by atoms with Crippen molar-refractivity contribution in [2.75, 3.05) is 13.2 Å². The van der Waals surface area contributed by atoms with Gasteiger partial charge in [-0.1, -0.05) is 24.3 Å². The van der Waals surface area contributed by atoms with Gasteiger partial charge in [-0.25, -0.2) is 0 Å². The largest absolute Gasteiger partial charge is 0.494 e. The number of nitrogens with zero attached hydrogens (tertiary/aromatic N) is 3. The fourth-order valence-electron chi connectivity index (χ4n) is 2.39. The topological polar surface area (TPSA) is 69.0 Å². The third kappa shape index (κ3) is 4.44. The van der Waals surface area contributed by atoms with Gasteiger partial charge in [-0.15, -0.1) is 0 Å². The molecule has 0 aliphatic rings. The van der Waals surface area contributed by atoms with Crippen molar-refractivity contribution in [2.24, 2.45) is 0 Å². The number of hydrogen-bond donors (Lipinski definition) is 1. The maximum atomic E-state index is 12.2. The van der Waals surface area contributed by atoms with Gasteiger partial charge in [0.15, 0.2) is 0 Å². The lowest BCUT2D eigenvalue weighted by atomic mass is 10.2. The smallest absolute Gasteiger partial charge is 0.251 e. The quantitative estimate of drug-likeness (QED) is 0.720. The van der Waals surface area contributed by atoms with E-state index in [0.717, 1.165) is 11.4 Å². The zero-order chi connectivity index (χ0) is 17.5. The van der Waals surface area contributed by atoms with Gasteiger partial charge >= 0.3 is 0 Å². The fourth-order valence-corrected chi connectivity index (χ4v) is 2.39. The summed E-state index contributed by atoms with van der Waals surface area (Å²) >= 11 is 0. The van der Waals surface area contributed by atoms with Gasteiger partial charge in [-0.05, 0) is 37.3 Å². The highest BCUT2D eigenvalue weighted by Gasteiger charge is 2.07. The summed E-state index contributed by atoms with van der Waals surface area (Å²) in [4.78, 5) is 13.8. The molecule has 25 heavy (non-hydrogen) atoms. The van der Waals surface area contributed by atoms with Crippen molar-refractivity contribution >= 4 is 5.91 Å². The van der Waals surface area contributed by atoms with Gasteiger partial charge < -0.3 is 10.1 Å². The second kappa shape index (κ2) is 8.10. The first-order chi connectivity index (χ1) is 12.3. The number of carbonyl (C=O) groups is 1. The van der Waals surface area contributed by atoms with Crippen LogP contribution in [-0.2, 0) is 6.42 Å². The summed E-state index contributed by atoms with van der Waals surface area (Å²) in [6.45, 7) is 2.97. The van der Waals surface area contributed by atoms with E-state index in [4.69, 9.17) is 4.74 Å². The summed E-state index contributed by atoms with van der Waals surface area (Å²) in [6.07, 6.45) is 2.33. The molecule has 6 heteroatoms. The van der Waals surface area contributed by atoms with Crippen LogP contribution in [0, 0.1) is 0 Å². The summed E-state index contributed by atoms with van der Waals surface area (Å²) in [5.41, 5.74) is 2.32. The minimum atomic E-state index is -0.128. The Labute approximate surface area is 146 Å². The third-order valence-electron chi connectivity index (χ3n) is 3.60. The minimum Gasteiger partial charge on any atom is -0.494 e. The summed E-state index contributed by atoms with van der Waals surface area (Å²) in [6, 6.07) is 16.9. The van der Waals surface area contributed by atoms with Gasteiger partial charge in [-0.2, -0.15) is 15.0 Å². The van der Waals surface area contributed by atoms with Gasteiger partial charge in [-0.3, -0.25) is 4.79 Å². The minimum absolute atomic E-state index is 0.128. The summed E-state index contributed by atoms with van der Waals surface area (Å²) < 4.78 is 5.41. The highest BCUT2D eigenvalue weighted by atomic mass is 16.5. The molecule has 1 N–H and O–H groups in total. The molecule has 1 amide bonds. The first-order valence-corrected chi connectivity index (χ1v) is 8.24. The maximum absolute atomic E-state index is 12.2. The molecule has 1 heterocycles. The lowest BCUT2D eigenvalue weighted by Crippen LogP contribution is -2.25. The first kappa shape index (κ1) is 16.7. The molecular formula is C19H20N4O2. The van der Waals surface area contributed by atoms with Gasteiger partial charge in [0.1, 0.15) is 5.75 Å². The van der Waals surface area contributed by atoms with Crippen LogP contribution < -0.4 is 10.1 Å². The predicted molar refractivity (Wildman–Crippen MR) is 95.0 cm³/mol. The van der Waals surface area contributed by atoms with Crippen LogP contribution >= 0.6 is 0 Å². The van der Waals surface area contributed by atoms with Crippen LogP contribution in [0.25, 0.3) is 5.69 Å².